The zero-order chi connectivity index (χ0) is 19.3. The van der Waals surface area contributed by atoms with Gasteiger partial charge in [0.05, 0.1) is 0 Å². The summed E-state index contributed by atoms with van der Waals surface area (Å²) >= 11 is 5.85. The third-order valence-corrected chi connectivity index (χ3v) is 5.30. The van der Waals surface area contributed by atoms with Gasteiger partial charge in [0.25, 0.3) is 0 Å². The Balaban J connectivity index is 1.40. The van der Waals surface area contributed by atoms with Crippen molar-refractivity contribution < 1.29 is 4.79 Å². The molecule has 0 radical (unpaired) electrons. The number of aromatic nitrogens is 1. The second kappa shape index (κ2) is 8.52. The number of rotatable bonds is 4. The normalized spacial score (nSPS) is 14.0. The van der Waals surface area contributed by atoms with Crippen LogP contribution in [0.2, 0.25) is 5.02 Å². The molecule has 3 aromatic rings. The van der Waals surface area contributed by atoms with Crippen molar-refractivity contribution in [3.8, 4) is 11.8 Å². The first-order valence-electron chi connectivity index (χ1n) is 9.57. The second-order valence-electron chi connectivity index (χ2n) is 7.04. The lowest BCUT2D eigenvalue weighted by molar-refractivity contribution is -0.111. The molecule has 1 fully saturated rings. The van der Waals surface area contributed by atoms with Gasteiger partial charge in [0.1, 0.15) is 0 Å². The third kappa shape index (κ3) is 4.56. The van der Waals surface area contributed by atoms with Crippen molar-refractivity contribution >= 4 is 34.1 Å². The van der Waals surface area contributed by atoms with Gasteiger partial charge in [-0.2, -0.15) is 0 Å². The van der Waals surface area contributed by atoms with Crippen molar-refractivity contribution in [1.29, 1.82) is 0 Å². The van der Waals surface area contributed by atoms with Crippen LogP contribution in [0.3, 0.4) is 0 Å². The average Bonchev–Trinajstić information content (AvgIpc) is 3.35. The smallest absolute Gasteiger partial charge is 0.300 e. The fraction of sp³-hybridized carbons (Fsp3) is 0.261. The van der Waals surface area contributed by atoms with Gasteiger partial charge in [-0.05, 0) is 74.5 Å². The molecule has 1 aliphatic rings. The van der Waals surface area contributed by atoms with Crippen molar-refractivity contribution in [3.63, 3.8) is 0 Å². The van der Waals surface area contributed by atoms with E-state index in [0.717, 1.165) is 29.7 Å². The molecule has 1 saturated heterocycles. The number of carbonyl (C=O) groups is 1. The van der Waals surface area contributed by atoms with Crippen LogP contribution in [0.15, 0.2) is 54.7 Å². The fourth-order valence-corrected chi connectivity index (χ4v) is 3.68. The molecule has 5 heteroatoms. The van der Waals surface area contributed by atoms with Gasteiger partial charge in [0.15, 0.2) is 0 Å². The standard InChI is InChI=1S/C23H22ClN3O/c24-20-6-3-18(4-7-20)5-10-23(28)25-21-8-9-22-19(17-21)11-14-27(22)16-15-26-12-1-2-13-26/h3-4,6-9,11,14,17H,1-2,12-13,15-16H2,(H,25,28). The zero-order valence-corrected chi connectivity index (χ0v) is 16.4. The third-order valence-electron chi connectivity index (χ3n) is 5.05. The lowest BCUT2D eigenvalue weighted by Gasteiger charge is -2.15. The van der Waals surface area contributed by atoms with Crippen LogP contribution in [0.25, 0.3) is 10.9 Å². The SMILES string of the molecule is O=C(C#Cc1ccc(Cl)cc1)Nc1ccc2c(ccn2CCN2CCCC2)c1. The molecule has 0 bridgehead atoms. The molecule has 0 atom stereocenters. The molecular weight excluding hydrogens is 370 g/mol. The number of nitrogens with one attached hydrogen (secondary N) is 1. The van der Waals surface area contributed by atoms with E-state index in [1.165, 1.54) is 31.4 Å². The number of fused-ring (bicyclic) bond motifs is 1. The maximum Gasteiger partial charge on any atom is 0.300 e. The minimum Gasteiger partial charge on any atom is -0.346 e. The quantitative estimate of drug-likeness (QED) is 0.670. The van der Waals surface area contributed by atoms with Gasteiger partial charge in [-0.3, -0.25) is 4.79 Å². The lowest BCUT2D eigenvalue weighted by atomic mass is 10.2. The number of carbonyl (C=O) groups excluding carboxylic acids is 1. The van der Waals surface area contributed by atoms with Crippen LogP contribution in [-0.2, 0) is 11.3 Å². The molecule has 0 saturated carbocycles. The van der Waals surface area contributed by atoms with Crippen LogP contribution >= 0.6 is 11.6 Å². The number of hydrogen-bond acceptors (Lipinski definition) is 2. The van der Waals surface area contributed by atoms with Gasteiger partial charge in [-0.25, -0.2) is 0 Å². The Kier molecular flexibility index (Phi) is 5.66. The van der Waals surface area contributed by atoms with E-state index in [1.54, 1.807) is 24.3 Å². The molecule has 1 aliphatic heterocycles. The van der Waals surface area contributed by atoms with Crippen molar-refractivity contribution in [2.24, 2.45) is 0 Å². The summed E-state index contributed by atoms with van der Waals surface area (Å²) in [5, 5.41) is 4.61. The Morgan fingerprint density at radius 2 is 1.82 bits per heavy atom. The fourth-order valence-electron chi connectivity index (χ4n) is 3.55. The number of amides is 1. The van der Waals surface area contributed by atoms with Crippen molar-refractivity contribution in [2.75, 3.05) is 25.0 Å². The largest absolute Gasteiger partial charge is 0.346 e. The van der Waals surface area contributed by atoms with E-state index in [1.807, 2.05) is 12.1 Å². The van der Waals surface area contributed by atoms with Crippen molar-refractivity contribution in [2.45, 2.75) is 19.4 Å². The summed E-state index contributed by atoms with van der Waals surface area (Å²) in [5.74, 6) is 5.13. The van der Waals surface area contributed by atoms with E-state index >= 15 is 0 Å². The summed E-state index contributed by atoms with van der Waals surface area (Å²) in [6, 6.07) is 15.2. The predicted octanol–water partition coefficient (Wildman–Crippen LogP) is 4.38. The topological polar surface area (TPSA) is 37.3 Å². The minimum atomic E-state index is -0.331. The molecule has 2 heterocycles. The van der Waals surface area contributed by atoms with E-state index in [4.69, 9.17) is 11.6 Å². The first-order valence-corrected chi connectivity index (χ1v) is 9.95. The Morgan fingerprint density at radius 1 is 1.04 bits per heavy atom. The van der Waals surface area contributed by atoms with E-state index in [9.17, 15) is 4.79 Å². The monoisotopic (exact) mass is 391 g/mol. The molecular formula is C23H22ClN3O. The van der Waals surface area contributed by atoms with Crippen LogP contribution in [-0.4, -0.2) is 35.0 Å². The van der Waals surface area contributed by atoms with Crippen LogP contribution in [0.5, 0.6) is 0 Å². The highest BCUT2D eigenvalue weighted by Crippen LogP contribution is 2.21. The van der Waals surface area contributed by atoms with Crippen LogP contribution in [0.4, 0.5) is 5.69 Å². The molecule has 0 spiro atoms. The van der Waals surface area contributed by atoms with E-state index in [2.05, 4.69) is 45.0 Å². The average molecular weight is 392 g/mol. The van der Waals surface area contributed by atoms with Crippen LogP contribution < -0.4 is 5.32 Å². The Bertz CT molecular complexity index is 1040. The zero-order valence-electron chi connectivity index (χ0n) is 15.6. The minimum absolute atomic E-state index is 0.331. The summed E-state index contributed by atoms with van der Waals surface area (Å²) in [6.45, 7) is 4.50. The molecule has 2 aromatic carbocycles. The van der Waals surface area contributed by atoms with E-state index in [-0.39, 0.29) is 5.91 Å². The lowest BCUT2D eigenvalue weighted by Crippen LogP contribution is -2.23. The summed E-state index contributed by atoms with van der Waals surface area (Å²) in [6.07, 6.45) is 4.75. The number of likely N-dealkylation sites (tertiary alicyclic amines) is 1. The first kappa shape index (κ1) is 18.6. The highest BCUT2D eigenvalue weighted by atomic mass is 35.5. The Hall–Kier alpha value is -2.74. The molecule has 28 heavy (non-hydrogen) atoms. The highest BCUT2D eigenvalue weighted by Gasteiger charge is 2.11. The van der Waals surface area contributed by atoms with Gasteiger partial charge in [-0.15, -0.1) is 0 Å². The Morgan fingerprint density at radius 3 is 2.61 bits per heavy atom. The van der Waals surface area contributed by atoms with Gasteiger partial charge < -0.3 is 14.8 Å². The number of anilines is 1. The van der Waals surface area contributed by atoms with Gasteiger partial charge >= 0.3 is 5.91 Å². The maximum absolute atomic E-state index is 12.1. The maximum atomic E-state index is 12.1. The predicted molar refractivity (Wildman–Crippen MR) is 115 cm³/mol. The summed E-state index contributed by atoms with van der Waals surface area (Å²) in [5.41, 5.74) is 2.69. The summed E-state index contributed by atoms with van der Waals surface area (Å²) < 4.78 is 2.28. The van der Waals surface area contributed by atoms with Gasteiger partial charge in [0, 0.05) is 52.4 Å². The molecule has 1 amide bonds. The number of nitrogens with zero attached hydrogens (tertiary/aromatic N) is 2. The molecule has 4 rings (SSSR count). The number of halogens is 1. The van der Waals surface area contributed by atoms with E-state index < -0.39 is 0 Å². The summed E-state index contributed by atoms with van der Waals surface area (Å²) in [4.78, 5) is 14.6. The number of hydrogen-bond donors (Lipinski definition) is 1. The molecule has 0 aliphatic carbocycles. The molecule has 1 N–H and O–H groups in total. The molecule has 0 unspecified atom stereocenters. The first-order chi connectivity index (χ1) is 13.7. The second-order valence-corrected chi connectivity index (χ2v) is 7.48. The van der Waals surface area contributed by atoms with Gasteiger partial charge in [-0.1, -0.05) is 17.5 Å². The highest BCUT2D eigenvalue weighted by molar-refractivity contribution is 6.30. The Labute approximate surface area is 170 Å². The van der Waals surface area contributed by atoms with Crippen LogP contribution in [0, 0.1) is 11.8 Å². The number of benzene rings is 2. The summed E-state index contributed by atoms with van der Waals surface area (Å²) in [7, 11) is 0. The molecule has 4 nitrogen and oxygen atoms in total. The van der Waals surface area contributed by atoms with Crippen molar-refractivity contribution in [1.82, 2.24) is 9.47 Å². The van der Waals surface area contributed by atoms with Crippen molar-refractivity contribution in [3.05, 3.63) is 65.3 Å². The van der Waals surface area contributed by atoms with Crippen LogP contribution in [0.1, 0.15) is 18.4 Å². The molecule has 1 aromatic heterocycles. The van der Waals surface area contributed by atoms with Gasteiger partial charge in [0.2, 0.25) is 0 Å². The van der Waals surface area contributed by atoms with E-state index in [0.29, 0.717) is 5.02 Å². The molecule has 142 valence electrons.